The molecule has 0 atom stereocenters. The van der Waals surface area contributed by atoms with Crippen molar-refractivity contribution < 1.29 is 19.5 Å². The summed E-state index contributed by atoms with van der Waals surface area (Å²) in [4.78, 5) is 15.4. The van der Waals surface area contributed by atoms with Crippen LogP contribution in [0.3, 0.4) is 0 Å². The molecule has 2 heterocycles. The number of hydrogen-bond acceptors (Lipinski definition) is 6. The molecule has 0 bridgehead atoms. The Morgan fingerprint density at radius 2 is 2.26 bits per heavy atom. The predicted molar refractivity (Wildman–Crippen MR) is 65.2 cm³/mol. The maximum atomic E-state index is 10.9. The van der Waals surface area contributed by atoms with Crippen molar-refractivity contribution in [3.05, 3.63) is 29.5 Å². The fraction of sp³-hybridized carbons (Fsp3) is 0.182. The molecule has 7 nitrogen and oxygen atoms in total. The van der Waals surface area contributed by atoms with E-state index in [0.29, 0.717) is 21.1 Å². The number of ether oxygens (including phenoxy) is 2. The van der Waals surface area contributed by atoms with Crippen molar-refractivity contribution >= 4 is 17.6 Å². The van der Waals surface area contributed by atoms with E-state index in [2.05, 4.69) is 14.8 Å². The summed E-state index contributed by atoms with van der Waals surface area (Å²) < 4.78 is 9.47. The van der Waals surface area contributed by atoms with E-state index in [9.17, 15) is 10.0 Å². The Labute approximate surface area is 113 Å². The summed E-state index contributed by atoms with van der Waals surface area (Å²) in [5.74, 6) is -0.457. The van der Waals surface area contributed by atoms with Gasteiger partial charge in [-0.25, -0.2) is 4.79 Å². The Kier molecular flexibility index (Phi) is 3.86. The zero-order valence-electron chi connectivity index (χ0n) is 9.91. The molecule has 0 spiro atoms. The minimum absolute atomic E-state index is 0.0860. The Hall–Kier alpha value is -2.28. The Bertz CT molecular complexity index is 599. The first-order valence-electron chi connectivity index (χ1n) is 5.20. The highest BCUT2D eigenvalue weighted by Crippen LogP contribution is 2.24. The van der Waals surface area contributed by atoms with Crippen LogP contribution < -0.4 is 4.74 Å². The quantitative estimate of drug-likeness (QED) is 0.674. The molecule has 0 aliphatic heterocycles. The molecular weight excluding hydrogens is 274 g/mol. The molecule has 2 rings (SSSR count). The first-order valence-corrected chi connectivity index (χ1v) is 5.58. The first-order chi connectivity index (χ1) is 9.10. The summed E-state index contributed by atoms with van der Waals surface area (Å²) in [7, 11) is 1.25. The van der Waals surface area contributed by atoms with Crippen molar-refractivity contribution in [2.45, 2.75) is 0 Å². The summed E-state index contributed by atoms with van der Waals surface area (Å²) >= 11 is 5.81. The number of pyridine rings is 1. The standard InChI is InChI=1S/C11H10ClN3O4/c1-18-11(16)6-19-10-3-9(15(17)14-10)7-2-8(12)5-13-4-7/h2-5,17H,6H2,1H3. The summed E-state index contributed by atoms with van der Waals surface area (Å²) in [6.45, 7) is -0.291. The van der Waals surface area contributed by atoms with Gasteiger partial charge in [-0.3, -0.25) is 4.98 Å². The van der Waals surface area contributed by atoms with Gasteiger partial charge in [-0.2, -0.15) is 0 Å². The molecule has 0 aliphatic rings. The van der Waals surface area contributed by atoms with Crippen molar-refractivity contribution in [3.8, 4) is 17.1 Å². The molecule has 19 heavy (non-hydrogen) atoms. The average molecular weight is 284 g/mol. The van der Waals surface area contributed by atoms with Gasteiger partial charge in [0.2, 0.25) is 5.88 Å². The summed E-state index contributed by atoms with van der Waals surface area (Å²) in [6, 6.07) is 3.07. The van der Waals surface area contributed by atoms with Crippen LogP contribution in [0.2, 0.25) is 5.02 Å². The molecule has 0 aromatic carbocycles. The summed E-state index contributed by atoms with van der Waals surface area (Å²) in [5.41, 5.74) is 0.908. The minimum atomic E-state index is -0.543. The summed E-state index contributed by atoms with van der Waals surface area (Å²) in [6.07, 6.45) is 2.98. The Morgan fingerprint density at radius 1 is 1.47 bits per heavy atom. The molecule has 2 aromatic rings. The average Bonchev–Trinajstić information content (AvgIpc) is 2.77. The van der Waals surface area contributed by atoms with Crippen LogP contribution in [-0.4, -0.2) is 39.8 Å². The molecule has 0 unspecified atom stereocenters. The SMILES string of the molecule is COC(=O)COc1cc(-c2cncc(Cl)c2)n(O)n1. The summed E-state index contributed by atoms with van der Waals surface area (Å²) in [5, 5.41) is 13.8. The van der Waals surface area contributed by atoms with E-state index in [4.69, 9.17) is 16.3 Å². The lowest BCUT2D eigenvalue weighted by atomic mass is 10.2. The van der Waals surface area contributed by atoms with Gasteiger partial charge in [-0.15, -0.1) is 0 Å². The molecule has 100 valence electrons. The predicted octanol–water partition coefficient (Wildman–Crippen LogP) is 1.39. The number of nitrogens with zero attached hydrogens (tertiary/aromatic N) is 3. The van der Waals surface area contributed by atoms with Gasteiger partial charge in [0.05, 0.1) is 12.1 Å². The molecule has 0 fully saturated rings. The third-order valence-corrected chi connectivity index (χ3v) is 2.44. The Balaban J connectivity index is 2.19. The van der Waals surface area contributed by atoms with Crippen LogP contribution in [0, 0.1) is 0 Å². The molecule has 0 radical (unpaired) electrons. The van der Waals surface area contributed by atoms with Gasteiger partial charge >= 0.3 is 5.97 Å². The highest BCUT2D eigenvalue weighted by molar-refractivity contribution is 6.30. The lowest BCUT2D eigenvalue weighted by Crippen LogP contribution is -2.12. The zero-order chi connectivity index (χ0) is 13.8. The topological polar surface area (TPSA) is 86.5 Å². The second-order valence-electron chi connectivity index (χ2n) is 3.51. The van der Waals surface area contributed by atoms with Crippen LogP contribution in [0.4, 0.5) is 0 Å². The number of carbonyl (C=O) groups is 1. The van der Waals surface area contributed by atoms with Crippen LogP contribution >= 0.6 is 11.6 Å². The smallest absolute Gasteiger partial charge is 0.343 e. The molecule has 0 aliphatic carbocycles. The van der Waals surface area contributed by atoms with Crippen molar-refractivity contribution in [2.24, 2.45) is 0 Å². The van der Waals surface area contributed by atoms with Gasteiger partial charge in [-0.05, 0) is 6.07 Å². The van der Waals surface area contributed by atoms with Crippen LogP contribution in [-0.2, 0) is 9.53 Å². The van der Waals surface area contributed by atoms with E-state index in [0.717, 1.165) is 0 Å². The number of rotatable bonds is 4. The number of aromatic nitrogens is 3. The lowest BCUT2D eigenvalue weighted by Gasteiger charge is -1.99. The van der Waals surface area contributed by atoms with Crippen LogP contribution in [0.1, 0.15) is 0 Å². The van der Waals surface area contributed by atoms with E-state index in [-0.39, 0.29) is 12.5 Å². The monoisotopic (exact) mass is 283 g/mol. The van der Waals surface area contributed by atoms with Gasteiger partial charge in [0, 0.05) is 24.0 Å². The van der Waals surface area contributed by atoms with E-state index in [1.807, 2.05) is 0 Å². The van der Waals surface area contributed by atoms with Crippen molar-refractivity contribution in [3.63, 3.8) is 0 Å². The maximum Gasteiger partial charge on any atom is 0.343 e. The fourth-order valence-electron chi connectivity index (χ4n) is 1.36. The van der Waals surface area contributed by atoms with E-state index >= 15 is 0 Å². The maximum absolute atomic E-state index is 10.9. The molecule has 0 saturated carbocycles. The number of hydrogen-bond donors (Lipinski definition) is 1. The molecule has 8 heteroatoms. The van der Waals surface area contributed by atoms with Gasteiger partial charge in [0.25, 0.3) is 0 Å². The molecule has 1 N–H and O–H groups in total. The van der Waals surface area contributed by atoms with Crippen LogP contribution in [0.5, 0.6) is 5.88 Å². The number of methoxy groups -OCH3 is 1. The third kappa shape index (κ3) is 3.14. The van der Waals surface area contributed by atoms with Gasteiger partial charge in [0.15, 0.2) is 6.61 Å². The highest BCUT2D eigenvalue weighted by atomic mass is 35.5. The Morgan fingerprint density at radius 3 is 2.95 bits per heavy atom. The number of carbonyl (C=O) groups excluding carboxylic acids is 1. The van der Waals surface area contributed by atoms with E-state index in [1.54, 1.807) is 6.07 Å². The first kappa shape index (κ1) is 13.2. The zero-order valence-corrected chi connectivity index (χ0v) is 10.7. The molecule has 2 aromatic heterocycles. The van der Waals surface area contributed by atoms with Crippen molar-refractivity contribution in [2.75, 3.05) is 13.7 Å². The number of halogens is 1. The number of esters is 1. The normalized spacial score (nSPS) is 10.2. The van der Waals surface area contributed by atoms with Crippen molar-refractivity contribution in [1.29, 1.82) is 0 Å². The largest absolute Gasteiger partial charge is 0.466 e. The van der Waals surface area contributed by atoms with Crippen LogP contribution in [0.25, 0.3) is 11.3 Å². The van der Waals surface area contributed by atoms with E-state index < -0.39 is 5.97 Å². The van der Waals surface area contributed by atoms with Crippen LogP contribution in [0.15, 0.2) is 24.5 Å². The molecule has 0 amide bonds. The molecular formula is C11H10ClN3O4. The van der Waals surface area contributed by atoms with Crippen molar-refractivity contribution in [1.82, 2.24) is 14.9 Å². The highest BCUT2D eigenvalue weighted by Gasteiger charge is 2.12. The minimum Gasteiger partial charge on any atom is -0.466 e. The van der Waals surface area contributed by atoms with Gasteiger partial charge < -0.3 is 14.7 Å². The molecule has 0 saturated heterocycles. The second-order valence-corrected chi connectivity index (χ2v) is 3.95. The second kappa shape index (κ2) is 5.57. The van der Waals surface area contributed by atoms with Gasteiger partial charge in [0.1, 0.15) is 5.69 Å². The van der Waals surface area contributed by atoms with Gasteiger partial charge in [-0.1, -0.05) is 21.5 Å². The lowest BCUT2D eigenvalue weighted by molar-refractivity contribution is -0.143. The fourth-order valence-corrected chi connectivity index (χ4v) is 1.54. The third-order valence-electron chi connectivity index (χ3n) is 2.24. The van der Waals surface area contributed by atoms with E-state index in [1.165, 1.54) is 25.6 Å².